The minimum Gasteiger partial charge on any atom is -0.311 e. The minimum atomic E-state index is -2.94. The van der Waals surface area contributed by atoms with Crippen LogP contribution < -0.4 is 5.30 Å². The second kappa shape index (κ2) is 4.32. The zero-order valence-corrected chi connectivity index (χ0v) is 9.06. The van der Waals surface area contributed by atoms with Crippen molar-refractivity contribution in [2.24, 2.45) is 4.88 Å². The third-order valence-corrected chi connectivity index (χ3v) is 4.78. The molecular formula is C9H12N3OP. The molecule has 0 bridgehead atoms. The summed E-state index contributed by atoms with van der Waals surface area (Å²) in [5.74, 6) is 0. The normalized spacial score (nSPS) is 14.5. The Hall–Kier alpha value is -1.24. The van der Waals surface area contributed by atoms with Crippen molar-refractivity contribution in [3.8, 4) is 0 Å². The lowest BCUT2D eigenvalue weighted by molar-refractivity contribution is 0.576. The van der Waals surface area contributed by atoms with Gasteiger partial charge in [0, 0.05) is 15.9 Å². The Kier molecular flexibility index (Phi) is 3.34. The quantitative estimate of drug-likeness (QED) is 0.326. The van der Waals surface area contributed by atoms with Crippen LogP contribution in [-0.4, -0.2) is 5.66 Å². The van der Waals surface area contributed by atoms with E-state index in [9.17, 15) is 4.57 Å². The Bertz CT molecular complexity index is 396. The zero-order valence-electron chi connectivity index (χ0n) is 8.16. The minimum absolute atomic E-state index is 0.166. The molecule has 5 heteroatoms. The number of hydrogen-bond donors (Lipinski definition) is 0. The molecule has 74 valence electrons. The van der Waals surface area contributed by atoms with Crippen molar-refractivity contribution in [3.05, 3.63) is 40.8 Å². The van der Waals surface area contributed by atoms with Gasteiger partial charge in [-0.1, -0.05) is 44.2 Å². The van der Waals surface area contributed by atoms with E-state index in [-0.39, 0.29) is 5.66 Å². The Labute approximate surface area is 83.0 Å². The molecule has 0 saturated heterocycles. The fraction of sp³-hybridized carbons (Fsp3) is 0.333. The van der Waals surface area contributed by atoms with Gasteiger partial charge in [-0.05, 0) is 10.4 Å². The standard InChI is InChI=1S/C9H12N3OP/c1-8(2)14(13,12-11-10)9-6-4-3-5-7-9/h3-8H,1-2H3. The summed E-state index contributed by atoms with van der Waals surface area (Å²) in [6.45, 7) is 3.59. The van der Waals surface area contributed by atoms with E-state index in [4.69, 9.17) is 5.53 Å². The third kappa shape index (κ3) is 1.98. The van der Waals surface area contributed by atoms with E-state index in [0.717, 1.165) is 0 Å². The fourth-order valence-corrected chi connectivity index (χ4v) is 2.78. The third-order valence-electron chi connectivity index (χ3n) is 2.00. The van der Waals surface area contributed by atoms with Crippen LogP contribution >= 0.6 is 7.29 Å². The van der Waals surface area contributed by atoms with E-state index in [1.807, 2.05) is 6.07 Å². The lowest BCUT2D eigenvalue weighted by Crippen LogP contribution is -2.09. The predicted octanol–water partition coefficient (Wildman–Crippen LogP) is 3.31. The van der Waals surface area contributed by atoms with Gasteiger partial charge in [-0.25, -0.2) is 0 Å². The number of hydrogen-bond acceptors (Lipinski definition) is 1. The van der Waals surface area contributed by atoms with Crippen LogP contribution in [0.5, 0.6) is 0 Å². The van der Waals surface area contributed by atoms with Crippen LogP contribution in [-0.2, 0) is 4.57 Å². The van der Waals surface area contributed by atoms with Crippen molar-refractivity contribution >= 4 is 12.6 Å². The summed E-state index contributed by atoms with van der Waals surface area (Å²) in [4.78, 5) is 6.13. The molecule has 0 aliphatic rings. The summed E-state index contributed by atoms with van der Waals surface area (Å²) in [5.41, 5.74) is 8.23. The summed E-state index contributed by atoms with van der Waals surface area (Å²) in [6.07, 6.45) is 0. The molecule has 1 aromatic carbocycles. The molecular weight excluding hydrogens is 197 g/mol. The van der Waals surface area contributed by atoms with E-state index in [0.29, 0.717) is 5.30 Å². The van der Waals surface area contributed by atoms with Crippen molar-refractivity contribution in [3.63, 3.8) is 0 Å². The molecule has 0 fully saturated rings. The molecule has 1 atom stereocenters. The van der Waals surface area contributed by atoms with Crippen molar-refractivity contribution in [1.29, 1.82) is 0 Å². The Morgan fingerprint density at radius 1 is 1.36 bits per heavy atom. The van der Waals surface area contributed by atoms with Crippen LogP contribution in [0.3, 0.4) is 0 Å². The van der Waals surface area contributed by atoms with Gasteiger partial charge in [-0.2, -0.15) is 0 Å². The second-order valence-corrected chi connectivity index (χ2v) is 6.21. The van der Waals surface area contributed by atoms with Gasteiger partial charge < -0.3 is 4.57 Å². The molecule has 0 radical (unpaired) electrons. The number of azide groups is 1. The lowest BCUT2D eigenvalue weighted by Gasteiger charge is -2.15. The molecule has 0 saturated carbocycles. The van der Waals surface area contributed by atoms with Crippen LogP contribution in [0.2, 0.25) is 0 Å². The SMILES string of the molecule is CC(C)P(=O)(N=[N+]=[N-])c1ccccc1. The number of rotatable bonds is 3. The highest BCUT2D eigenvalue weighted by molar-refractivity contribution is 7.70. The maximum absolute atomic E-state index is 12.3. The predicted molar refractivity (Wildman–Crippen MR) is 58.0 cm³/mol. The fourth-order valence-electron chi connectivity index (χ4n) is 1.15. The highest BCUT2D eigenvalue weighted by Gasteiger charge is 2.26. The molecule has 0 heterocycles. The first-order valence-corrected chi connectivity index (χ1v) is 6.06. The summed E-state index contributed by atoms with van der Waals surface area (Å²) < 4.78 is 12.3. The second-order valence-electron chi connectivity index (χ2n) is 3.23. The van der Waals surface area contributed by atoms with Crippen molar-refractivity contribution in [1.82, 2.24) is 0 Å². The van der Waals surface area contributed by atoms with E-state index in [2.05, 4.69) is 9.80 Å². The first-order valence-electron chi connectivity index (χ1n) is 4.33. The highest BCUT2D eigenvalue weighted by atomic mass is 31.2. The molecule has 0 aromatic heterocycles. The summed E-state index contributed by atoms with van der Waals surface area (Å²) >= 11 is 0. The Balaban J connectivity index is 3.27. The molecule has 1 rings (SSSR count). The van der Waals surface area contributed by atoms with E-state index >= 15 is 0 Å². The Morgan fingerprint density at radius 3 is 2.36 bits per heavy atom. The van der Waals surface area contributed by atoms with Gasteiger partial charge in [0.15, 0.2) is 0 Å². The average molecular weight is 209 g/mol. The maximum Gasteiger partial charge on any atom is 0.203 e. The molecule has 0 spiro atoms. The molecule has 0 N–H and O–H groups in total. The molecule has 1 aromatic rings. The highest BCUT2D eigenvalue weighted by Crippen LogP contribution is 2.50. The Morgan fingerprint density at radius 2 is 1.93 bits per heavy atom. The molecule has 0 aliphatic heterocycles. The first-order chi connectivity index (χ1) is 6.61. The van der Waals surface area contributed by atoms with Crippen LogP contribution in [0.15, 0.2) is 35.2 Å². The molecule has 0 aliphatic carbocycles. The number of benzene rings is 1. The van der Waals surface area contributed by atoms with Gasteiger partial charge in [-0.3, -0.25) is 0 Å². The van der Waals surface area contributed by atoms with Gasteiger partial charge in [0.2, 0.25) is 7.29 Å². The maximum atomic E-state index is 12.3. The molecule has 4 nitrogen and oxygen atoms in total. The summed E-state index contributed by atoms with van der Waals surface area (Å²) in [5, 5.41) is 0.618. The molecule has 14 heavy (non-hydrogen) atoms. The van der Waals surface area contributed by atoms with Crippen molar-refractivity contribution in [2.45, 2.75) is 19.5 Å². The number of nitrogens with zero attached hydrogens (tertiary/aromatic N) is 3. The molecule has 1 unspecified atom stereocenters. The van der Waals surface area contributed by atoms with E-state index in [1.165, 1.54) is 0 Å². The van der Waals surface area contributed by atoms with Gasteiger partial charge >= 0.3 is 0 Å². The van der Waals surface area contributed by atoms with Crippen molar-refractivity contribution < 1.29 is 4.57 Å². The van der Waals surface area contributed by atoms with Gasteiger partial charge in [0.25, 0.3) is 0 Å². The topological polar surface area (TPSA) is 65.8 Å². The van der Waals surface area contributed by atoms with Crippen LogP contribution in [0, 0.1) is 0 Å². The van der Waals surface area contributed by atoms with Gasteiger partial charge in [-0.15, -0.1) is 0 Å². The zero-order chi connectivity index (χ0) is 10.6. The van der Waals surface area contributed by atoms with E-state index < -0.39 is 7.29 Å². The summed E-state index contributed by atoms with van der Waals surface area (Å²) in [6, 6.07) is 8.88. The van der Waals surface area contributed by atoms with Crippen molar-refractivity contribution in [2.75, 3.05) is 0 Å². The largest absolute Gasteiger partial charge is 0.311 e. The van der Waals surface area contributed by atoms with Crippen LogP contribution in [0.1, 0.15) is 13.8 Å². The average Bonchev–Trinajstić information content (AvgIpc) is 2.19. The lowest BCUT2D eigenvalue weighted by atomic mass is 10.4. The van der Waals surface area contributed by atoms with E-state index in [1.54, 1.807) is 38.1 Å². The monoisotopic (exact) mass is 209 g/mol. The summed E-state index contributed by atoms with van der Waals surface area (Å²) in [7, 11) is -2.94. The van der Waals surface area contributed by atoms with Gasteiger partial charge in [0.05, 0.1) is 0 Å². The van der Waals surface area contributed by atoms with Crippen LogP contribution in [0.4, 0.5) is 0 Å². The molecule has 0 amide bonds. The smallest absolute Gasteiger partial charge is 0.203 e. The van der Waals surface area contributed by atoms with Gasteiger partial charge in [0.1, 0.15) is 0 Å². The van der Waals surface area contributed by atoms with Crippen LogP contribution in [0.25, 0.3) is 10.4 Å². The first kappa shape index (κ1) is 10.8.